The zero-order chi connectivity index (χ0) is 14.0. The summed E-state index contributed by atoms with van der Waals surface area (Å²) >= 11 is 0. The second kappa shape index (κ2) is 5.06. The summed E-state index contributed by atoms with van der Waals surface area (Å²) in [6.07, 6.45) is 0. The molecular formula is C14H14N2O3. The number of aryl methyl sites for hydroxylation is 2. The summed E-state index contributed by atoms with van der Waals surface area (Å²) in [7, 11) is 1.33. The fraction of sp³-hybridized carbons (Fsp3) is 0.214. The number of esters is 1. The van der Waals surface area contributed by atoms with Gasteiger partial charge in [-0.05, 0) is 38.1 Å². The maximum absolute atomic E-state index is 11.6. The lowest BCUT2D eigenvalue weighted by Gasteiger charge is -2.09. The predicted molar refractivity (Wildman–Crippen MR) is 69.9 cm³/mol. The van der Waals surface area contributed by atoms with Gasteiger partial charge in [-0.15, -0.1) is 0 Å². The van der Waals surface area contributed by atoms with Gasteiger partial charge in [0.25, 0.3) is 0 Å². The molecule has 0 amide bonds. The molecule has 0 aliphatic carbocycles. The van der Waals surface area contributed by atoms with Crippen LogP contribution in [0.5, 0.6) is 5.75 Å². The van der Waals surface area contributed by atoms with E-state index in [-0.39, 0.29) is 5.75 Å². The van der Waals surface area contributed by atoms with Crippen molar-refractivity contribution in [2.75, 3.05) is 7.11 Å². The van der Waals surface area contributed by atoms with Crippen LogP contribution < -0.4 is 0 Å². The smallest absolute Gasteiger partial charge is 0.341 e. The lowest BCUT2D eigenvalue weighted by molar-refractivity contribution is 0.0598. The van der Waals surface area contributed by atoms with Gasteiger partial charge in [-0.2, -0.15) is 0 Å². The normalized spacial score (nSPS) is 10.3. The molecule has 0 radical (unpaired) electrons. The van der Waals surface area contributed by atoms with Crippen molar-refractivity contribution in [2.24, 2.45) is 0 Å². The van der Waals surface area contributed by atoms with Gasteiger partial charge in [-0.1, -0.05) is 0 Å². The van der Waals surface area contributed by atoms with E-state index in [1.165, 1.54) is 7.11 Å². The second-order valence-corrected chi connectivity index (χ2v) is 4.13. The number of nitrogens with zero attached hydrogens (tertiary/aromatic N) is 2. The summed E-state index contributed by atoms with van der Waals surface area (Å²) in [5, 5.41) is 9.26. The van der Waals surface area contributed by atoms with E-state index in [0.717, 1.165) is 5.56 Å². The summed E-state index contributed by atoms with van der Waals surface area (Å²) in [5.41, 5.74) is 2.32. The molecule has 0 unspecified atom stereocenters. The fourth-order valence-corrected chi connectivity index (χ4v) is 1.85. The van der Waals surface area contributed by atoms with Crippen molar-refractivity contribution >= 4 is 5.97 Å². The van der Waals surface area contributed by atoms with Gasteiger partial charge < -0.3 is 9.84 Å². The predicted octanol–water partition coefficient (Wildman–Crippen LogP) is 2.25. The highest BCUT2D eigenvalue weighted by Gasteiger charge is 2.16. The van der Waals surface area contributed by atoms with Crippen molar-refractivity contribution in [3.63, 3.8) is 0 Å². The van der Waals surface area contributed by atoms with E-state index in [1.807, 2.05) is 0 Å². The van der Waals surface area contributed by atoms with Crippen molar-refractivity contribution in [3.05, 3.63) is 41.2 Å². The molecule has 0 bridgehead atoms. The largest absolute Gasteiger partial charge is 0.508 e. The van der Waals surface area contributed by atoms with Crippen LogP contribution in [0.15, 0.2) is 24.3 Å². The van der Waals surface area contributed by atoms with Crippen molar-refractivity contribution in [2.45, 2.75) is 13.8 Å². The van der Waals surface area contributed by atoms with Gasteiger partial charge in [0.05, 0.1) is 18.5 Å². The standard InChI is InChI=1S/C14H14N2O3/c1-8-12(14(18)19-3)9(2)16-13(15-8)10-4-6-11(17)7-5-10/h4-7,17H,1-3H3. The molecule has 0 aliphatic rings. The van der Waals surface area contributed by atoms with Crippen LogP contribution in [-0.4, -0.2) is 28.2 Å². The second-order valence-electron chi connectivity index (χ2n) is 4.13. The minimum Gasteiger partial charge on any atom is -0.508 e. The number of hydrogen-bond acceptors (Lipinski definition) is 5. The first kappa shape index (κ1) is 13.0. The number of carbonyl (C=O) groups excluding carboxylic acids is 1. The van der Waals surface area contributed by atoms with Gasteiger partial charge in [0, 0.05) is 5.56 Å². The van der Waals surface area contributed by atoms with Crippen LogP contribution in [0.2, 0.25) is 0 Å². The van der Waals surface area contributed by atoms with E-state index in [2.05, 4.69) is 9.97 Å². The van der Waals surface area contributed by atoms with E-state index in [9.17, 15) is 9.90 Å². The highest BCUT2D eigenvalue weighted by Crippen LogP contribution is 2.21. The van der Waals surface area contributed by atoms with Gasteiger partial charge in [0.1, 0.15) is 11.3 Å². The van der Waals surface area contributed by atoms with Crippen molar-refractivity contribution in [1.82, 2.24) is 9.97 Å². The van der Waals surface area contributed by atoms with Crippen molar-refractivity contribution in [1.29, 1.82) is 0 Å². The Balaban J connectivity index is 2.51. The SMILES string of the molecule is COC(=O)c1c(C)nc(-c2ccc(O)cc2)nc1C. The number of rotatable bonds is 2. The first-order chi connectivity index (χ1) is 9.02. The summed E-state index contributed by atoms with van der Waals surface area (Å²) in [5.74, 6) is 0.262. The van der Waals surface area contributed by atoms with Crippen LogP contribution in [0.4, 0.5) is 0 Å². The molecule has 0 spiro atoms. The van der Waals surface area contributed by atoms with Crippen LogP contribution in [0.1, 0.15) is 21.7 Å². The van der Waals surface area contributed by atoms with Crippen LogP contribution in [0.3, 0.4) is 0 Å². The lowest BCUT2D eigenvalue weighted by atomic mass is 10.1. The average Bonchev–Trinajstić information content (AvgIpc) is 2.38. The highest BCUT2D eigenvalue weighted by atomic mass is 16.5. The number of phenols is 1. The number of carbonyl (C=O) groups is 1. The lowest BCUT2D eigenvalue weighted by Crippen LogP contribution is -2.10. The number of aromatic nitrogens is 2. The molecule has 0 saturated carbocycles. The van der Waals surface area contributed by atoms with E-state index in [0.29, 0.717) is 22.8 Å². The number of aromatic hydroxyl groups is 1. The summed E-state index contributed by atoms with van der Waals surface area (Å²) in [6, 6.07) is 6.58. The Morgan fingerprint density at radius 1 is 1.11 bits per heavy atom. The molecule has 98 valence electrons. The minimum absolute atomic E-state index is 0.184. The first-order valence-corrected chi connectivity index (χ1v) is 5.76. The van der Waals surface area contributed by atoms with Crippen LogP contribution in [-0.2, 0) is 4.74 Å². The van der Waals surface area contributed by atoms with E-state index < -0.39 is 5.97 Å². The number of hydrogen-bond donors (Lipinski definition) is 1. The minimum atomic E-state index is -0.438. The molecular weight excluding hydrogens is 244 g/mol. The van der Waals surface area contributed by atoms with Crippen molar-refractivity contribution in [3.8, 4) is 17.1 Å². The number of phenolic OH excluding ortho intramolecular Hbond substituents is 1. The zero-order valence-electron chi connectivity index (χ0n) is 11.0. The number of methoxy groups -OCH3 is 1. The molecule has 1 aromatic heterocycles. The monoisotopic (exact) mass is 258 g/mol. The molecule has 0 aliphatic heterocycles. The Hall–Kier alpha value is -2.43. The van der Waals surface area contributed by atoms with Gasteiger partial charge in [0.15, 0.2) is 5.82 Å². The summed E-state index contributed by atoms with van der Waals surface area (Å²) in [6.45, 7) is 3.48. The Labute approximate surface area is 110 Å². The molecule has 19 heavy (non-hydrogen) atoms. The quantitative estimate of drug-likeness (QED) is 0.836. The molecule has 0 saturated heterocycles. The van der Waals surface area contributed by atoms with Gasteiger partial charge in [-0.3, -0.25) is 0 Å². The van der Waals surface area contributed by atoms with Crippen molar-refractivity contribution < 1.29 is 14.6 Å². The maximum Gasteiger partial charge on any atom is 0.341 e. The summed E-state index contributed by atoms with van der Waals surface area (Å²) < 4.78 is 4.71. The maximum atomic E-state index is 11.6. The molecule has 5 nitrogen and oxygen atoms in total. The molecule has 5 heteroatoms. The van der Waals surface area contributed by atoms with Crippen LogP contribution in [0, 0.1) is 13.8 Å². The third kappa shape index (κ3) is 2.54. The number of benzene rings is 1. The third-order valence-electron chi connectivity index (χ3n) is 2.79. The Morgan fingerprint density at radius 3 is 2.11 bits per heavy atom. The van der Waals surface area contributed by atoms with Gasteiger partial charge >= 0.3 is 5.97 Å². The Bertz CT molecular complexity index is 598. The highest BCUT2D eigenvalue weighted by molar-refractivity contribution is 5.91. The molecule has 2 aromatic rings. The molecule has 1 N–H and O–H groups in total. The van der Waals surface area contributed by atoms with Gasteiger partial charge in [0.2, 0.25) is 0 Å². The molecule has 0 fully saturated rings. The Morgan fingerprint density at radius 2 is 1.63 bits per heavy atom. The first-order valence-electron chi connectivity index (χ1n) is 5.76. The van der Waals surface area contributed by atoms with E-state index >= 15 is 0 Å². The van der Waals surface area contributed by atoms with Crippen LogP contribution in [0.25, 0.3) is 11.4 Å². The van der Waals surface area contributed by atoms with Crippen LogP contribution >= 0.6 is 0 Å². The van der Waals surface area contributed by atoms with Gasteiger partial charge in [-0.25, -0.2) is 14.8 Å². The molecule has 1 aromatic carbocycles. The summed E-state index contributed by atoms with van der Waals surface area (Å²) in [4.78, 5) is 20.2. The number of ether oxygens (including phenoxy) is 1. The third-order valence-corrected chi connectivity index (χ3v) is 2.79. The molecule has 1 heterocycles. The Kier molecular flexibility index (Phi) is 3.46. The van der Waals surface area contributed by atoms with E-state index in [1.54, 1.807) is 38.1 Å². The molecule has 0 atom stereocenters. The molecule has 2 rings (SSSR count). The fourth-order valence-electron chi connectivity index (χ4n) is 1.85. The zero-order valence-corrected chi connectivity index (χ0v) is 11.0. The van der Waals surface area contributed by atoms with E-state index in [4.69, 9.17) is 4.74 Å². The average molecular weight is 258 g/mol. The topological polar surface area (TPSA) is 72.3 Å².